The third-order valence-corrected chi connectivity index (χ3v) is 8.30. The standard InChI is InChI=1S/C35H31ClF3N3O4S/c1-3-31(34(45)41-29-20-24(35(37,38)39)15-18-28(29)36)47-27-12-8-11-25(21-27)40-33(44)30(42-32(43)23-9-6-5-7-10-23)19-22-13-16-26(17-14-22)46-4-2/h5-21,31H,3-4H2,1-2H3,(H,40,44)(H,41,45)(H,42,43)/b30-19+. The van der Waals surface area contributed by atoms with Gasteiger partial charge in [0.15, 0.2) is 0 Å². The summed E-state index contributed by atoms with van der Waals surface area (Å²) in [4.78, 5) is 40.2. The lowest BCUT2D eigenvalue weighted by molar-refractivity contribution is -0.137. The summed E-state index contributed by atoms with van der Waals surface area (Å²) in [6, 6.07) is 24.9. The number of hydrogen-bond donors (Lipinski definition) is 3. The van der Waals surface area contributed by atoms with Crippen molar-refractivity contribution in [1.29, 1.82) is 0 Å². The summed E-state index contributed by atoms with van der Waals surface area (Å²) in [7, 11) is 0. The van der Waals surface area contributed by atoms with Crippen LogP contribution in [0.1, 0.15) is 41.8 Å². The summed E-state index contributed by atoms with van der Waals surface area (Å²) in [5.74, 6) is -0.929. The Bertz CT molecular complexity index is 1750. The molecule has 0 spiro atoms. The Kier molecular flexibility index (Phi) is 12.1. The van der Waals surface area contributed by atoms with Gasteiger partial charge in [-0.1, -0.05) is 54.9 Å². The molecule has 0 fully saturated rings. The van der Waals surface area contributed by atoms with Crippen molar-refractivity contribution in [1.82, 2.24) is 5.32 Å². The Labute approximate surface area is 279 Å². The fourth-order valence-corrected chi connectivity index (χ4v) is 5.46. The molecule has 0 bridgehead atoms. The van der Waals surface area contributed by atoms with Gasteiger partial charge in [-0.15, -0.1) is 11.8 Å². The van der Waals surface area contributed by atoms with E-state index in [-0.39, 0.29) is 16.4 Å². The average molecular weight is 682 g/mol. The number of alkyl halides is 3. The van der Waals surface area contributed by atoms with Crippen LogP contribution in [-0.4, -0.2) is 29.6 Å². The number of rotatable bonds is 12. The highest BCUT2D eigenvalue weighted by Crippen LogP contribution is 2.35. The lowest BCUT2D eigenvalue weighted by Gasteiger charge is -2.17. The minimum atomic E-state index is -4.60. The molecule has 4 aromatic rings. The SMILES string of the molecule is CCOc1ccc(/C=C(/NC(=O)c2ccccc2)C(=O)Nc2cccc(SC(CC)C(=O)Nc3cc(C(F)(F)F)ccc3Cl)c2)cc1. The molecule has 0 saturated carbocycles. The predicted octanol–water partition coefficient (Wildman–Crippen LogP) is 8.68. The van der Waals surface area contributed by atoms with Gasteiger partial charge < -0.3 is 20.7 Å². The lowest BCUT2D eigenvalue weighted by Crippen LogP contribution is -2.30. The van der Waals surface area contributed by atoms with E-state index in [0.29, 0.717) is 40.5 Å². The van der Waals surface area contributed by atoms with Gasteiger partial charge in [0.05, 0.1) is 28.1 Å². The van der Waals surface area contributed by atoms with Gasteiger partial charge in [-0.05, 0) is 85.6 Å². The molecule has 4 rings (SSSR count). The van der Waals surface area contributed by atoms with Crippen LogP contribution in [0.25, 0.3) is 6.08 Å². The van der Waals surface area contributed by atoms with E-state index in [9.17, 15) is 27.6 Å². The van der Waals surface area contributed by atoms with E-state index in [2.05, 4.69) is 16.0 Å². The molecule has 244 valence electrons. The van der Waals surface area contributed by atoms with Crippen LogP contribution in [0.5, 0.6) is 5.75 Å². The van der Waals surface area contributed by atoms with E-state index < -0.39 is 34.7 Å². The zero-order valence-corrected chi connectivity index (χ0v) is 26.9. The quantitative estimate of drug-likeness (QED) is 0.103. The molecule has 0 radical (unpaired) electrons. The van der Waals surface area contributed by atoms with E-state index in [1.54, 1.807) is 91.9 Å². The van der Waals surface area contributed by atoms with Crippen LogP contribution in [0.2, 0.25) is 5.02 Å². The van der Waals surface area contributed by atoms with Gasteiger partial charge in [-0.2, -0.15) is 13.2 Å². The molecule has 1 atom stereocenters. The van der Waals surface area contributed by atoms with Crippen LogP contribution in [0.4, 0.5) is 24.5 Å². The zero-order chi connectivity index (χ0) is 34.0. The van der Waals surface area contributed by atoms with Crippen LogP contribution < -0.4 is 20.7 Å². The maximum atomic E-state index is 13.5. The number of nitrogens with one attached hydrogen (secondary N) is 3. The summed E-state index contributed by atoms with van der Waals surface area (Å²) >= 11 is 7.24. The lowest BCUT2D eigenvalue weighted by atomic mass is 10.1. The molecule has 3 N–H and O–H groups in total. The van der Waals surface area contributed by atoms with E-state index in [4.69, 9.17) is 16.3 Å². The molecule has 0 heterocycles. The molecule has 0 aromatic heterocycles. The number of thioether (sulfide) groups is 1. The molecule has 0 aliphatic carbocycles. The summed E-state index contributed by atoms with van der Waals surface area (Å²) in [5, 5.41) is 7.28. The van der Waals surface area contributed by atoms with E-state index in [0.717, 1.165) is 18.2 Å². The fourth-order valence-electron chi connectivity index (χ4n) is 4.28. The number of hydrogen-bond acceptors (Lipinski definition) is 5. The Hall–Kier alpha value is -4.74. The van der Waals surface area contributed by atoms with E-state index >= 15 is 0 Å². The summed E-state index contributed by atoms with van der Waals surface area (Å²) in [6.07, 6.45) is -2.70. The van der Waals surface area contributed by atoms with Gasteiger partial charge in [0.25, 0.3) is 11.8 Å². The molecule has 7 nitrogen and oxygen atoms in total. The number of anilines is 2. The smallest absolute Gasteiger partial charge is 0.416 e. The first-order chi connectivity index (χ1) is 22.5. The van der Waals surface area contributed by atoms with Gasteiger partial charge in [0.1, 0.15) is 11.4 Å². The van der Waals surface area contributed by atoms with Crippen molar-refractivity contribution in [3.63, 3.8) is 0 Å². The van der Waals surface area contributed by atoms with Crippen molar-refractivity contribution in [2.24, 2.45) is 0 Å². The Morgan fingerprint density at radius 2 is 1.62 bits per heavy atom. The van der Waals surface area contributed by atoms with Gasteiger partial charge in [0, 0.05) is 16.1 Å². The number of benzene rings is 4. The fraction of sp³-hybridized carbons (Fsp3) is 0.171. The van der Waals surface area contributed by atoms with Crippen molar-refractivity contribution >= 4 is 58.5 Å². The summed E-state index contributed by atoms with van der Waals surface area (Å²) in [6.45, 7) is 4.14. The van der Waals surface area contributed by atoms with Crippen LogP contribution in [0.15, 0.2) is 108 Å². The van der Waals surface area contributed by atoms with Crippen molar-refractivity contribution in [3.05, 3.63) is 124 Å². The predicted molar refractivity (Wildman–Crippen MR) is 180 cm³/mol. The first-order valence-electron chi connectivity index (χ1n) is 14.5. The molecular weight excluding hydrogens is 651 g/mol. The van der Waals surface area contributed by atoms with Crippen LogP contribution >= 0.6 is 23.4 Å². The number of carbonyl (C=O) groups excluding carboxylic acids is 3. The molecule has 12 heteroatoms. The van der Waals surface area contributed by atoms with Gasteiger partial charge in [0.2, 0.25) is 5.91 Å². The van der Waals surface area contributed by atoms with Crippen molar-refractivity contribution < 1.29 is 32.3 Å². The third-order valence-electron chi connectivity index (χ3n) is 6.62. The maximum Gasteiger partial charge on any atom is 0.416 e. The minimum absolute atomic E-state index is 0.00940. The Morgan fingerprint density at radius 1 is 0.894 bits per heavy atom. The first-order valence-corrected chi connectivity index (χ1v) is 15.8. The number of carbonyl (C=O) groups is 3. The summed E-state index contributed by atoms with van der Waals surface area (Å²) in [5.41, 5.74) is 0.321. The largest absolute Gasteiger partial charge is 0.494 e. The highest BCUT2D eigenvalue weighted by Gasteiger charge is 2.31. The first kappa shape index (κ1) is 35.1. The second-order valence-corrected chi connectivity index (χ2v) is 11.7. The highest BCUT2D eigenvalue weighted by atomic mass is 35.5. The van der Waals surface area contributed by atoms with E-state index in [1.165, 1.54) is 11.8 Å². The normalized spacial score (nSPS) is 12.2. The third kappa shape index (κ3) is 10.1. The number of halogens is 4. The molecule has 47 heavy (non-hydrogen) atoms. The highest BCUT2D eigenvalue weighted by molar-refractivity contribution is 8.00. The van der Waals surface area contributed by atoms with Crippen molar-refractivity contribution in [2.75, 3.05) is 17.2 Å². The van der Waals surface area contributed by atoms with Gasteiger partial charge >= 0.3 is 6.18 Å². The van der Waals surface area contributed by atoms with Crippen molar-refractivity contribution in [3.8, 4) is 5.75 Å². The van der Waals surface area contributed by atoms with Gasteiger partial charge in [-0.25, -0.2) is 0 Å². The van der Waals surface area contributed by atoms with Crippen LogP contribution in [0, 0.1) is 0 Å². The van der Waals surface area contributed by atoms with Crippen molar-refractivity contribution in [2.45, 2.75) is 36.6 Å². The zero-order valence-electron chi connectivity index (χ0n) is 25.4. The molecule has 0 aliphatic rings. The van der Waals surface area contributed by atoms with Crippen LogP contribution in [-0.2, 0) is 15.8 Å². The summed E-state index contributed by atoms with van der Waals surface area (Å²) < 4.78 is 45.1. The number of amides is 3. The Balaban J connectivity index is 1.51. The molecule has 0 saturated heterocycles. The molecular formula is C35H31ClF3N3O4S. The minimum Gasteiger partial charge on any atom is -0.494 e. The van der Waals surface area contributed by atoms with Gasteiger partial charge in [-0.3, -0.25) is 14.4 Å². The molecule has 1 unspecified atom stereocenters. The molecule has 4 aromatic carbocycles. The molecule has 0 aliphatic heterocycles. The topological polar surface area (TPSA) is 96.5 Å². The average Bonchev–Trinajstić information content (AvgIpc) is 3.05. The maximum absolute atomic E-state index is 13.5. The molecule has 3 amide bonds. The second kappa shape index (κ2) is 16.2. The number of ether oxygens (including phenoxy) is 1. The second-order valence-electron chi connectivity index (χ2n) is 10.1. The van der Waals surface area contributed by atoms with Crippen LogP contribution in [0.3, 0.4) is 0 Å². The Morgan fingerprint density at radius 3 is 2.28 bits per heavy atom. The van der Waals surface area contributed by atoms with E-state index in [1.807, 2.05) is 6.92 Å². The monoisotopic (exact) mass is 681 g/mol.